The molecule has 1 rings (SSSR count). The third-order valence-electron chi connectivity index (χ3n) is 3.65. The maximum atomic E-state index is 9.63. The van der Waals surface area contributed by atoms with E-state index in [0.29, 0.717) is 11.8 Å². The van der Waals surface area contributed by atoms with Gasteiger partial charge in [0.15, 0.2) is 0 Å². The molecule has 0 amide bonds. The predicted molar refractivity (Wildman–Crippen MR) is 69.8 cm³/mol. The Morgan fingerprint density at radius 1 is 1.12 bits per heavy atom. The summed E-state index contributed by atoms with van der Waals surface area (Å²) in [5, 5.41) is 9.63. The van der Waals surface area contributed by atoms with Gasteiger partial charge in [0.05, 0.1) is 6.61 Å². The lowest BCUT2D eigenvalue weighted by Gasteiger charge is -2.25. The third-order valence-corrected chi connectivity index (χ3v) is 3.65. The summed E-state index contributed by atoms with van der Waals surface area (Å²) in [6, 6.07) is 6.53. The van der Waals surface area contributed by atoms with Crippen molar-refractivity contribution in [1.82, 2.24) is 0 Å². The van der Waals surface area contributed by atoms with Crippen molar-refractivity contribution in [3.63, 3.8) is 0 Å². The van der Waals surface area contributed by atoms with Crippen LogP contribution in [0.4, 0.5) is 0 Å². The van der Waals surface area contributed by atoms with Crippen LogP contribution in [0.2, 0.25) is 0 Å². The molecule has 1 aromatic rings. The molecule has 0 radical (unpaired) electrons. The van der Waals surface area contributed by atoms with E-state index in [4.69, 9.17) is 0 Å². The number of hydrogen-bond donors (Lipinski definition) is 1. The molecular formula is C15H24O. The van der Waals surface area contributed by atoms with Crippen molar-refractivity contribution >= 4 is 0 Å². The van der Waals surface area contributed by atoms with Crippen LogP contribution in [-0.4, -0.2) is 11.7 Å². The number of benzene rings is 1. The molecule has 90 valence electrons. The molecule has 0 saturated heterocycles. The Morgan fingerprint density at radius 2 is 1.75 bits per heavy atom. The molecule has 1 aromatic carbocycles. The largest absolute Gasteiger partial charge is 0.396 e. The van der Waals surface area contributed by atoms with Crippen LogP contribution in [0.25, 0.3) is 0 Å². The average molecular weight is 220 g/mol. The van der Waals surface area contributed by atoms with Crippen molar-refractivity contribution < 1.29 is 5.11 Å². The molecule has 16 heavy (non-hydrogen) atoms. The molecule has 0 heterocycles. The van der Waals surface area contributed by atoms with Gasteiger partial charge in [-0.3, -0.25) is 0 Å². The number of aryl methyl sites for hydroxylation is 2. The van der Waals surface area contributed by atoms with Crippen LogP contribution in [0.5, 0.6) is 0 Å². The smallest absolute Gasteiger partial charge is 0.0502 e. The van der Waals surface area contributed by atoms with E-state index in [1.807, 2.05) is 0 Å². The van der Waals surface area contributed by atoms with E-state index in [0.717, 1.165) is 12.8 Å². The number of aliphatic hydroxyl groups is 1. The minimum Gasteiger partial charge on any atom is -0.396 e. The van der Waals surface area contributed by atoms with Gasteiger partial charge in [0.2, 0.25) is 0 Å². The van der Waals surface area contributed by atoms with Gasteiger partial charge in [0.1, 0.15) is 0 Å². The van der Waals surface area contributed by atoms with Gasteiger partial charge in [-0.15, -0.1) is 0 Å². The minimum atomic E-state index is 0.261. The summed E-state index contributed by atoms with van der Waals surface area (Å²) >= 11 is 0. The molecule has 0 aliphatic heterocycles. The number of aliphatic hydroxyl groups excluding tert-OH is 1. The van der Waals surface area contributed by atoms with Crippen LogP contribution in [0.15, 0.2) is 18.2 Å². The summed E-state index contributed by atoms with van der Waals surface area (Å²) in [7, 11) is 0. The van der Waals surface area contributed by atoms with Crippen LogP contribution in [0.1, 0.15) is 49.3 Å². The molecule has 1 atom stereocenters. The normalized spacial score (nSPS) is 13.1. The highest BCUT2D eigenvalue weighted by atomic mass is 16.3. The first-order chi connectivity index (χ1) is 7.63. The van der Waals surface area contributed by atoms with E-state index in [2.05, 4.69) is 45.9 Å². The van der Waals surface area contributed by atoms with Crippen molar-refractivity contribution in [2.24, 2.45) is 5.92 Å². The topological polar surface area (TPSA) is 20.2 Å². The summed E-state index contributed by atoms with van der Waals surface area (Å²) in [6.07, 6.45) is 2.27. The average Bonchev–Trinajstić information content (AvgIpc) is 2.29. The Labute approximate surface area is 99.5 Å². The molecule has 0 aromatic heterocycles. The molecule has 0 bridgehead atoms. The molecule has 1 nitrogen and oxygen atoms in total. The third kappa shape index (κ3) is 2.85. The molecule has 0 fully saturated rings. The monoisotopic (exact) mass is 220 g/mol. The Morgan fingerprint density at radius 3 is 2.25 bits per heavy atom. The Kier molecular flexibility index (Phi) is 5.01. The second-order valence-corrected chi connectivity index (χ2v) is 4.73. The van der Waals surface area contributed by atoms with E-state index in [9.17, 15) is 5.11 Å². The van der Waals surface area contributed by atoms with Crippen LogP contribution >= 0.6 is 0 Å². The molecule has 0 spiro atoms. The zero-order chi connectivity index (χ0) is 12.1. The van der Waals surface area contributed by atoms with Crippen LogP contribution in [-0.2, 0) is 0 Å². The first-order valence-electron chi connectivity index (χ1n) is 6.32. The van der Waals surface area contributed by atoms with Gasteiger partial charge in [-0.1, -0.05) is 50.5 Å². The maximum absolute atomic E-state index is 9.63. The quantitative estimate of drug-likeness (QED) is 0.800. The second-order valence-electron chi connectivity index (χ2n) is 4.73. The number of rotatable bonds is 5. The summed E-state index contributed by atoms with van der Waals surface area (Å²) in [6.45, 7) is 8.94. The second kappa shape index (κ2) is 6.05. The molecule has 0 aliphatic rings. The van der Waals surface area contributed by atoms with Crippen LogP contribution in [0.3, 0.4) is 0 Å². The fourth-order valence-electron chi connectivity index (χ4n) is 2.52. The molecule has 0 saturated carbocycles. The van der Waals surface area contributed by atoms with Crippen molar-refractivity contribution in [3.8, 4) is 0 Å². The summed E-state index contributed by atoms with van der Waals surface area (Å²) in [5.74, 6) is 0.889. The molecule has 1 heteroatoms. The Balaban J connectivity index is 3.06. The van der Waals surface area contributed by atoms with Crippen molar-refractivity contribution in [3.05, 3.63) is 34.9 Å². The van der Waals surface area contributed by atoms with E-state index < -0.39 is 0 Å². The van der Waals surface area contributed by atoms with Gasteiger partial charge in [-0.25, -0.2) is 0 Å². The lowest BCUT2D eigenvalue weighted by molar-refractivity contribution is 0.218. The van der Waals surface area contributed by atoms with E-state index in [1.54, 1.807) is 0 Å². The summed E-state index contributed by atoms with van der Waals surface area (Å²) in [5.41, 5.74) is 3.91. The van der Waals surface area contributed by atoms with Crippen molar-refractivity contribution in [2.75, 3.05) is 6.61 Å². The Bertz CT molecular complexity index is 326. The standard InChI is InChI=1S/C15H24O/c1-5-13(6-2)15(10-16)14-9-11(3)7-8-12(14)4/h7-9,13,15-16H,5-6,10H2,1-4H3/t15-/m0/s1. The first-order valence-corrected chi connectivity index (χ1v) is 6.32. The SMILES string of the molecule is CCC(CC)[C@H](CO)c1cc(C)ccc1C. The van der Waals surface area contributed by atoms with E-state index >= 15 is 0 Å². The van der Waals surface area contributed by atoms with E-state index in [-0.39, 0.29) is 6.61 Å². The zero-order valence-corrected chi connectivity index (χ0v) is 11.0. The molecular weight excluding hydrogens is 196 g/mol. The minimum absolute atomic E-state index is 0.261. The lowest BCUT2D eigenvalue weighted by atomic mass is 9.81. The number of hydrogen-bond acceptors (Lipinski definition) is 1. The van der Waals surface area contributed by atoms with Crippen molar-refractivity contribution in [1.29, 1.82) is 0 Å². The van der Waals surface area contributed by atoms with E-state index in [1.165, 1.54) is 16.7 Å². The van der Waals surface area contributed by atoms with Gasteiger partial charge in [-0.05, 0) is 30.9 Å². The summed E-state index contributed by atoms with van der Waals surface area (Å²) < 4.78 is 0. The van der Waals surface area contributed by atoms with Gasteiger partial charge in [0.25, 0.3) is 0 Å². The Hall–Kier alpha value is -0.820. The molecule has 0 aliphatic carbocycles. The zero-order valence-electron chi connectivity index (χ0n) is 11.0. The van der Waals surface area contributed by atoms with Gasteiger partial charge < -0.3 is 5.11 Å². The molecule has 0 unspecified atom stereocenters. The fraction of sp³-hybridized carbons (Fsp3) is 0.600. The highest BCUT2D eigenvalue weighted by Crippen LogP contribution is 2.31. The van der Waals surface area contributed by atoms with Crippen LogP contribution in [0, 0.1) is 19.8 Å². The lowest BCUT2D eigenvalue weighted by Crippen LogP contribution is -2.16. The highest BCUT2D eigenvalue weighted by Gasteiger charge is 2.21. The summed E-state index contributed by atoms with van der Waals surface area (Å²) in [4.78, 5) is 0. The van der Waals surface area contributed by atoms with Crippen molar-refractivity contribution in [2.45, 2.75) is 46.5 Å². The first kappa shape index (κ1) is 13.2. The van der Waals surface area contributed by atoms with Gasteiger partial charge in [0, 0.05) is 5.92 Å². The van der Waals surface area contributed by atoms with Gasteiger partial charge >= 0.3 is 0 Å². The molecule has 1 N–H and O–H groups in total. The fourth-order valence-corrected chi connectivity index (χ4v) is 2.52. The van der Waals surface area contributed by atoms with Crippen LogP contribution < -0.4 is 0 Å². The highest BCUT2D eigenvalue weighted by molar-refractivity contribution is 5.33. The predicted octanol–water partition coefficient (Wildman–Crippen LogP) is 3.82. The van der Waals surface area contributed by atoms with Gasteiger partial charge in [-0.2, -0.15) is 0 Å². The maximum Gasteiger partial charge on any atom is 0.0502 e.